The van der Waals surface area contributed by atoms with Gasteiger partial charge >= 0.3 is 0 Å². The highest BCUT2D eigenvalue weighted by Crippen LogP contribution is 2.21. The van der Waals surface area contributed by atoms with Gasteiger partial charge in [-0.2, -0.15) is 0 Å². The Morgan fingerprint density at radius 1 is 1.77 bits per heavy atom. The van der Waals surface area contributed by atoms with Gasteiger partial charge < -0.3 is 10.1 Å². The first-order chi connectivity index (χ1) is 6.36. The van der Waals surface area contributed by atoms with E-state index in [0.29, 0.717) is 6.10 Å². The lowest BCUT2D eigenvalue weighted by molar-refractivity contribution is 0.00818. The molecule has 1 aromatic rings. The van der Waals surface area contributed by atoms with E-state index in [4.69, 9.17) is 4.74 Å². The molecule has 2 atom stereocenters. The van der Waals surface area contributed by atoms with Crippen molar-refractivity contribution in [2.24, 2.45) is 0 Å². The van der Waals surface area contributed by atoms with Gasteiger partial charge in [0.05, 0.1) is 6.10 Å². The van der Waals surface area contributed by atoms with Crippen LogP contribution in [0.25, 0.3) is 0 Å². The third-order valence-electron chi connectivity index (χ3n) is 2.21. The quantitative estimate of drug-likeness (QED) is 0.800. The smallest absolute Gasteiger partial charge is 0.121 e. The molecule has 0 spiro atoms. The van der Waals surface area contributed by atoms with Gasteiger partial charge in [-0.15, -0.1) is 11.3 Å². The normalized spacial score (nSPS) is 24.8. The van der Waals surface area contributed by atoms with Crippen LogP contribution >= 0.6 is 11.3 Å². The summed E-state index contributed by atoms with van der Waals surface area (Å²) in [7, 11) is 0. The first-order valence-electron chi connectivity index (χ1n) is 4.62. The highest BCUT2D eigenvalue weighted by molar-refractivity contribution is 7.09. The number of nitrogens with one attached hydrogen (secondary N) is 1. The summed E-state index contributed by atoms with van der Waals surface area (Å²) in [6.07, 6.45) is 3.46. The predicted molar refractivity (Wildman–Crippen MR) is 52.9 cm³/mol. The van der Waals surface area contributed by atoms with Crippen LogP contribution in [0.3, 0.4) is 0 Å². The number of ether oxygens (including phenoxy) is 1. The van der Waals surface area contributed by atoms with Crippen LogP contribution in [0.1, 0.15) is 24.5 Å². The van der Waals surface area contributed by atoms with Crippen LogP contribution in [0, 0.1) is 0 Å². The molecule has 1 aromatic heterocycles. The largest absolute Gasteiger partial charge is 0.367 e. The Kier molecular flexibility index (Phi) is 2.93. The Morgan fingerprint density at radius 2 is 2.69 bits per heavy atom. The minimum atomic E-state index is 0.143. The zero-order chi connectivity index (χ0) is 9.10. The van der Waals surface area contributed by atoms with Crippen molar-refractivity contribution < 1.29 is 4.74 Å². The molecule has 0 bridgehead atoms. The average Bonchev–Trinajstić information content (AvgIpc) is 2.74. The predicted octanol–water partition coefficient (Wildman–Crippen LogP) is 1.58. The molecule has 72 valence electrons. The lowest BCUT2D eigenvalue weighted by Crippen LogP contribution is -2.18. The van der Waals surface area contributed by atoms with E-state index in [-0.39, 0.29) is 6.10 Å². The highest BCUT2D eigenvalue weighted by atomic mass is 32.1. The van der Waals surface area contributed by atoms with E-state index in [1.165, 1.54) is 0 Å². The highest BCUT2D eigenvalue weighted by Gasteiger charge is 2.19. The second-order valence-electron chi connectivity index (χ2n) is 3.26. The Hall–Kier alpha value is -0.450. The van der Waals surface area contributed by atoms with Gasteiger partial charge in [-0.05, 0) is 19.9 Å². The summed E-state index contributed by atoms with van der Waals surface area (Å²) in [5.41, 5.74) is 0. The molecule has 1 fully saturated rings. The number of aromatic nitrogens is 1. The van der Waals surface area contributed by atoms with Crippen molar-refractivity contribution in [3.05, 3.63) is 16.6 Å². The van der Waals surface area contributed by atoms with Crippen molar-refractivity contribution >= 4 is 11.3 Å². The Bertz CT molecular complexity index is 244. The zero-order valence-corrected chi connectivity index (χ0v) is 8.51. The van der Waals surface area contributed by atoms with Crippen molar-refractivity contribution in [1.29, 1.82) is 0 Å². The topological polar surface area (TPSA) is 34.1 Å². The van der Waals surface area contributed by atoms with Crippen LogP contribution in [0.15, 0.2) is 11.6 Å². The fourth-order valence-corrected chi connectivity index (χ4v) is 2.16. The molecule has 0 radical (unpaired) electrons. The Morgan fingerprint density at radius 3 is 3.31 bits per heavy atom. The van der Waals surface area contributed by atoms with E-state index in [1.807, 2.05) is 11.6 Å². The molecule has 13 heavy (non-hydrogen) atoms. The van der Waals surface area contributed by atoms with Crippen LogP contribution in [-0.2, 0) is 4.74 Å². The van der Waals surface area contributed by atoms with Crippen molar-refractivity contribution in [3.8, 4) is 0 Å². The van der Waals surface area contributed by atoms with Crippen LogP contribution in [-0.4, -0.2) is 24.2 Å². The fraction of sp³-hybridized carbons (Fsp3) is 0.667. The summed E-state index contributed by atoms with van der Waals surface area (Å²) < 4.78 is 5.84. The number of nitrogens with zero attached hydrogens (tertiary/aromatic N) is 1. The van der Waals surface area contributed by atoms with Crippen LogP contribution in [0.2, 0.25) is 0 Å². The van der Waals surface area contributed by atoms with Gasteiger partial charge in [0.2, 0.25) is 0 Å². The molecule has 0 amide bonds. The summed E-state index contributed by atoms with van der Waals surface area (Å²) in [6.45, 7) is 4.13. The van der Waals surface area contributed by atoms with Gasteiger partial charge in [-0.25, -0.2) is 4.98 Å². The molecular weight excluding hydrogens is 184 g/mol. The SMILES string of the molecule is C[C@@H](O[C@H]1CCNC1)c1nccs1. The first-order valence-corrected chi connectivity index (χ1v) is 5.50. The molecular formula is C9H14N2OS. The maximum Gasteiger partial charge on any atom is 0.121 e. The number of hydrogen-bond acceptors (Lipinski definition) is 4. The first kappa shape index (κ1) is 9.12. The molecule has 1 saturated heterocycles. The van der Waals surface area contributed by atoms with Gasteiger partial charge in [0, 0.05) is 18.1 Å². The van der Waals surface area contributed by atoms with Gasteiger partial charge in [0.25, 0.3) is 0 Å². The summed E-state index contributed by atoms with van der Waals surface area (Å²) in [6, 6.07) is 0. The third-order valence-corrected chi connectivity index (χ3v) is 3.15. The standard InChI is InChI=1S/C9H14N2OS/c1-7(9-11-4-5-13-9)12-8-2-3-10-6-8/h4-5,7-8,10H,2-3,6H2,1H3/t7-,8+/m1/s1. The van der Waals surface area contributed by atoms with E-state index in [1.54, 1.807) is 11.3 Å². The Labute approximate surface area is 82.1 Å². The number of rotatable bonds is 3. The molecule has 0 unspecified atom stereocenters. The molecule has 1 N–H and O–H groups in total. The summed E-state index contributed by atoms with van der Waals surface area (Å²) in [5, 5.41) is 6.34. The molecule has 2 heterocycles. The second-order valence-corrected chi connectivity index (χ2v) is 4.19. The maximum atomic E-state index is 5.84. The molecule has 1 aliphatic heterocycles. The number of thiazole rings is 1. The second kappa shape index (κ2) is 4.17. The van der Waals surface area contributed by atoms with E-state index < -0.39 is 0 Å². The molecule has 0 saturated carbocycles. The third kappa shape index (κ3) is 2.27. The minimum absolute atomic E-state index is 0.143. The molecule has 0 aromatic carbocycles. The molecule has 0 aliphatic carbocycles. The van der Waals surface area contributed by atoms with Crippen molar-refractivity contribution in [1.82, 2.24) is 10.3 Å². The van der Waals surface area contributed by atoms with Gasteiger partial charge in [0.15, 0.2) is 0 Å². The van der Waals surface area contributed by atoms with Gasteiger partial charge in [0.1, 0.15) is 11.1 Å². The van der Waals surface area contributed by atoms with Crippen LogP contribution < -0.4 is 5.32 Å². The lowest BCUT2D eigenvalue weighted by Gasteiger charge is -2.15. The summed E-state index contributed by atoms with van der Waals surface area (Å²) in [4.78, 5) is 4.23. The van der Waals surface area contributed by atoms with E-state index in [9.17, 15) is 0 Å². The molecule has 4 heteroatoms. The van der Waals surface area contributed by atoms with Crippen LogP contribution in [0.4, 0.5) is 0 Å². The van der Waals surface area contributed by atoms with Crippen molar-refractivity contribution in [2.75, 3.05) is 13.1 Å². The molecule has 1 aliphatic rings. The monoisotopic (exact) mass is 198 g/mol. The van der Waals surface area contributed by atoms with E-state index in [2.05, 4.69) is 17.2 Å². The van der Waals surface area contributed by atoms with Crippen molar-refractivity contribution in [2.45, 2.75) is 25.6 Å². The van der Waals surface area contributed by atoms with Crippen molar-refractivity contribution in [3.63, 3.8) is 0 Å². The number of hydrogen-bond donors (Lipinski definition) is 1. The summed E-state index contributed by atoms with van der Waals surface area (Å²) >= 11 is 1.66. The Balaban J connectivity index is 1.87. The fourth-order valence-electron chi connectivity index (χ4n) is 1.53. The average molecular weight is 198 g/mol. The van der Waals surface area contributed by atoms with E-state index in [0.717, 1.165) is 24.5 Å². The van der Waals surface area contributed by atoms with Gasteiger partial charge in [-0.1, -0.05) is 0 Å². The lowest BCUT2D eigenvalue weighted by atomic mass is 10.3. The molecule has 3 nitrogen and oxygen atoms in total. The van der Waals surface area contributed by atoms with Gasteiger partial charge in [-0.3, -0.25) is 0 Å². The molecule has 2 rings (SSSR count). The maximum absolute atomic E-state index is 5.84. The zero-order valence-electron chi connectivity index (χ0n) is 7.69. The van der Waals surface area contributed by atoms with Crippen LogP contribution in [0.5, 0.6) is 0 Å². The summed E-state index contributed by atoms with van der Waals surface area (Å²) in [5.74, 6) is 0. The van der Waals surface area contributed by atoms with E-state index >= 15 is 0 Å². The minimum Gasteiger partial charge on any atom is -0.367 e.